The molecule has 3 heterocycles. The zero-order valence-corrected chi connectivity index (χ0v) is 14.8. The van der Waals surface area contributed by atoms with Crippen LogP contribution in [0.3, 0.4) is 0 Å². The van der Waals surface area contributed by atoms with Gasteiger partial charge in [-0.25, -0.2) is 14.5 Å². The van der Waals surface area contributed by atoms with Gasteiger partial charge < -0.3 is 10.6 Å². The second kappa shape index (κ2) is 6.50. The molecule has 0 fully saturated rings. The van der Waals surface area contributed by atoms with Crippen molar-refractivity contribution in [1.82, 2.24) is 35.2 Å². The number of hydrogen-bond acceptors (Lipinski definition) is 4. The molecule has 8 heteroatoms. The third kappa shape index (κ3) is 3.01. The third-order valence-electron chi connectivity index (χ3n) is 5.22. The van der Waals surface area contributed by atoms with E-state index < -0.39 is 0 Å². The number of nitrogens with zero attached hydrogens (tertiary/aromatic N) is 5. The summed E-state index contributed by atoms with van der Waals surface area (Å²) in [5.74, 6) is 1.72. The molecule has 2 amide bonds. The van der Waals surface area contributed by atoms with Crippen molar-refractivity contribution >= 4 is 6.03 Å². The minimum atomic E-state index is -0.138. The highest BCUT2D eigenvalue weighted by atomic mass is 16.2. The molecule has 2 atom stereocenters. The Morgan fingerprint density at radius 3 is 2.92 bits per heavy atom. The summed E-state index contributed by atoms with van der Waals surface area (Å²) < 4.78 is 3.85. The Morgan fingerprint density at radius 1 is 1.28 bits per heavy atom. The number of carbonyl (C=O) groups excluding carboxylic acids is 1. The molecule has 0 saturated heterocycles. The monoisotopic (exact) mass is 343 g/mol. The largest absolute Gasteiger partial charge is 0.331 e. The topological polar surface area (TPSA) is 89.7 Å². The smallest absolute Gasteiger partial charge is 0.315 e. The number of aromatic nitrogens is 5. The first-order valence-corrected chi connectivity index (χ1v) is 9.17. The highest BCUT2D eigenvalue weighted by molar-refractivity contribution is 5.75. The van der Waals surface area contributed by atoms with E-state index in [9.17, 15) is 4.79 Å². The highest BCUT2D eigenvalue weighted by Gasteiger charge is 2.28. The van der Waals surface area contributed by atoms with E-state index in [0.717, 1.165) is 62.3 Å². The second-order valence-corrected chi connectivity index (χ2v) is 6.89. The number of rotatable bonds is 3. The van der Waals surface area contributed by atoms with Crippen LogP contribution in [0.1, 0.15) is 67.6 Å². The third-order valence-corrected chi connectivity index (χ3v) is 5.22. The lowest BCUT2D eigenvalue weighted by Crippen LogP contribution is -2.42. The molecule has 4 rings (SSSR count). The van der Waals surface area contributed by atoms with E-state index in [4.69, 9.17) is 0 Å². The number of urea groups is 1. The molecule has 2 aromatic heterocycles. The summed E-state index contributed by atoms with van der Waals surface area (Å²) in [7, 11) is 1.96. The fraction of sp³-hybridized carbons (Fsp3) is 0.647. The van der Waals surface area contributed by atoms with Gasteiger partial charge in [-0.1, -0.05) is 6.92 Å². The predicted molar refractivity (Wildman–Crippen MR) is 91.9 cm³/mol. The average Bonchev–Trinajstić information content (AvgIpc) is 3.20. The Labute approximate surface area is 147 Å². The van der Waals surface area contributed by atoms with E-state index in [-0.39, 0.29) is 18.1 Å². The lowest BCUT2D eigenvalue weighted by atomic mass is 9.93. The average molecular weight is 343 g/mol. The van der Waals surface area contributed by atoms with Crippen LogP contribution in [0.15, 0.2) is 6.20 Å². The van der Waals surface area contributed by atoms with Crippen molar-refractivity contribution in [3.05, 3.63) is 29.1 Å². The number of carbonyl (C=O) groups is 1. The molecule has 0 saturated carbocycles. The van der Waals surface area contributed by atoms with Gasteiger partial charge in [-0.3, -0.25) is 4.68 Å². The zero-order chi connectivity index (χ0) is 17.4. The van der Waals surface area contributed by atoms with Crippen LogP contribution in [-0.2, 0) is 26.4 Å². The minimum Gasteiger partial charge on any atom is -0.331 e. The summed E-state index contributed by atoms with van der Waals surface area (Å²) in [4.78, 5) is 17.2. The number of aryl methyl sites for hydroxylation is 3. The first-order valence-electron chi connectivity index (χ1n) is 9.17. The van der Waals surface area contributed by atoms with E-state index in [1.165, 1.54) is 5.69 Å². The summed E-state index contributed by atoms with van der Waals surface area (Å²) in [5.41, 5.74) is 2.37. The molecule has 0 spiro atoms. The number of amides is 2. The number of fused-ring (bicyclic) bond motifs is 2. The summed E-state index contributed by atoms with van der Waals surface area (Å²) in [6, 6.07) is -0.176. The quantitative estimate of drug-likeness (QED) is 0.889. The zero-order valence-electron chi connectivity index (χ0n) is 14.8. The Morgan fingerprint density at radius 2 is 2.08 bits per heavy atom. The van der Waals surface area contributed by atoms with Crippen molar-refractivity contribution in [3.63, 3.8) is 0 Å². The van der Waals surface area contributed by atoms with Gasteiger partial charge in [0, 0.05) is 31.3 Å². The van der Waals surface area contributed by atoms with Crippen LogP contribution in [0.25, 0.3) is 0 Å². The Kier molecular flexibility index (Phi) is 4.19. The Hall–Kier alpha value is -2.38. The van der Waals surface area contributed by atoms with Crippen molar-refractivity contribution in [2.24, 2.45) is 7.05 Å². The van der Waals surface area contributed by atoms with Crippen molar-refractivity contribution in [1.29, 1.82) is 0 Å². The first-order chi connectivity index (χ1) is 12.2. The fourth-order valence-electron chi connectivity index (χ4n) is 3.90. The summed E-state index contributed by atoms with van der Waals surface area (Å²) in [6.07, 6.45) is 7.63. The van der Waals surface area contributed by atoms with E-state index in [1.807, 2.05) is 29.5 Å². The van der Waals surface area contributed by atoms with Crippen molar-refractivity contribution in [2.45, 2.75) is 64.1 Å². The van der Waals surface area contributed by atoms with Crippen LogP contribution >= 0.6 is 0 Å². The summed E-state index contributed by atoms with van der Waals surface area (Å²) in [5, 5.41) is 15.1. The highest BCUT2D eigenvalue weighted by Crippen LogP contribution is 2.29. The maximum Gasteiger partial charge on any atom is 0.315 e. The van der Waals surface area contributed by atoms with Gasteiger partial charge in [0.2, 0.25) is 0 Å². The molecule has 2 aromatic rings. The minimum absolute atomic E-state index is 0.0325. The molecular weight excluding hydrogens is 318 g/mol. The van der Waals surface area contributed by atoms with Gasteiger partial charge in [0.1, 0.15) is 5.82 Å². The molecule has 2 aliphatic rings. The lowest BCUT2D eigenvalue weighted by molar-refractivity contribution is 0.227. The van der Waals surface area contributed by atoms with Crippen molar-refractivity contribution in [3.8, 4) is 0 Å². The molecule has 0 radical (unpaired) electrons. The van der Waals surface area contributed by atoms with Crippen LogP contribution in [0.2, 0.25) is 0 Å². The van der Waals surface area contributed by atoms with E-state index in [2.05, 4.69) is 25.8 Å². The van der Waals surface area contributed by atoms with Gasteiger partial charge in [0.05, 0.1) is 18.3 Å². The van der Waals surface area contributed by atoms with Crippen LogP contribution in [0.5, 0.6) is 0 Å². The summed E-state index contributed by atoms with van der Waals surface area (Å²) in [6.45, 7) is 2.93. The molecule has 1 aliphatic carbocycles. The number of nitrogens with one attached hydrogen (secondary N) is 2. The molecule has 8 nitrogen and oxygen atoms in total. The van der Waals surface area contributed by atoms with Gasteiger partial charge in [0.15, 0.2) is 5.82 Å². The lowest BCUT2D eigenvalue weighted by Gasteiger charge is -2.27. The van der Waals surface area contributed by atoms with E-state index >= 15 is 0 Å². The number of hydrogen-bond donors (Lipinski definition) is 2. The summed E-state index contributed by atoms with van der Waals surface area (Å²) >= 11 is 0. The van der Waals surface area contributed by atoms with E-state index in [1.54, 1.807) is 0 Å². The van der Waals surface area contributed by atoms with E-state index in [0.29, 0.717) is 0 Å². The van der Waals surface area contributed by atoms with Crippen LogP contribution in [0, 0.1) is 0 Å². The van der Waals surface area contributed by atoms with Gasteiger partial charge in [0.25, 0.3) is 0 Å². The molecule has 2 N–H and O–H groups in total. The van der Waals surface area contributed by atoms with Crippen LogP contribution < -0.4 is 10.6 Å². The Balaban J connectivity index is 1.45. The van der Waals surface area contributed by atoms with Crippen LogP contribution in [-0.4, -0.2) is 30.6 Å². The maximum absolute atomic E-state index is 12.6. The maximum atomic E-state index is 12.6. The van der Waals surface area contributed by atoms with Gasteiger partial charge in [-0.15, -0.1) is 0 Å². The molecule has 0 aromatic carbocycles. The molecular formula is C17H25N7O. The van der Waals surface area contributed by atoms with Crippen molar-refractivity contribution in [2.75, 3.05) is 0 Å². The standard InChI is InChI=1S/C17H25N7O/c1-3-15-21-16-13(7-5-9-24(16)22-15)20-17(25)19-12-6-4-8-14-11(12)10-18-23(14)2/h10,12-13H,3-9H2,1-2H3,(H2,19,20,25)/t12-,13-/m1/s1. The molecule has 1 aliphatic heterocycles. The van der Waals surface area contributed by atoms with Gasteiger partial charge in [-0.05, 0) is 32.1 Å². The molecule has 0 unspecified atom stereocenters. The molecule has 0 bridgehead atoms. The van der Waals surface area contributed by atoms with Crippen molar-refractivity contribution < 1.29 is 4.79 Å². The Bertz CT molecular complexity index is 778. The van der Waals surface area contributed by atoms with Gasteiger partial charge in [-0.2, -0.15) is 10.2 Å². The molecule has 25 heavy (non-hydrogen) atoms. The SMILES string of the molecule is CCc1nc2n(n1)CCC[C@H]2NC(=O)N[C@@H]1CCCc2c1cnn2C. The molecule has 134 valence electrons. The predicted octanol–water partition coefficient (Wildman–Crippen LogP) is 1.79. The first kappa shape index (κ1) is 16.1. The fourth-order valence-corrected chi connectivity index (χ4v) is 3.90. The van der Waals surface area contributed by atoms with Gasteiger partial charge >= 0.3 is 6.03 Å². The van der Waals surface area contributed by atoms with Crippen LogP contribution in [0.4, 0.5) is 4.79 Å². The normalized spacial score (nSPS) is 22.2. The second-order valence-electron chi connectivity index (χ2n) is 6.89.